The van der Waals surface area contributed by atoms with E-state index < -0.39 is 0 Å². The molecule has 3 aromatic rings. The van der Waals surface area contributed by atoms with Gasteiger partial charge in [-0.05, 0) is 37.3 Å². The molecule has 134 valence electrons. The van der Waals surface area contributed by atoms with Gasteiger partial charge in [-0.3, -0.25) is 9.48 Å². The van der Waals surface area contributed by atoms with E-state index in [0.29, 0.717) is 30.3 Å². The third-order valence-corrected chi connectivity index (χ3v) is 3.66. The number of benzene rings is 2. The summed E-state index contributed by atoms with van der Waals surface area (Å²) in [5.41, 5.74) is 1.81. The molecule has 0 aliphatic heterocycles. The zero-order chi connectivity index (χ0) is 18.2. The van der Waals surface area contributed by atoms with Crippen molar-refractivity contribution in [1.82, 2.24) is 9.78 Å². The Labute approximate surface area is 152 Å². The zero-order valence-corrected chi connectivity index (χ0v) is 14.6. The van der Waals surface area contributed by atoms with Crippen LogP contribution in [0.15, 0.2) is 67.0 Å². The maximum Gasteiger partial charge on any atom is 0.262 e. The standard InChI is InChI=1S/C20H21N3O3/c1-16-6-8-18(9-7-16)26-15-20(24)22-17-4-2-5-19(14-17)25-13-12-23-11-3-10-21-23/h2-11,14H,12-13,15H2,1H3,(H,22,24). The van der Waals surface area contributed by atoms with Gasteiger partial charge in [-0.2, -0.15) is 5.10 Å². The zero-order valence-electron chi connectivity index (χ0n) is 14.6. The van der Waals surface area contributed by atoms with Crippen LogP contribution in [0.3, 0.4) is 0 Å². The van der Waals surface area contributed by atoms with E-state index in [0.717, 1.165) is 5.56 Å². The van der Waals surface area contributed by atoms with Crippen LogP contribution in [-0.2, 0) is 11.3 Å². The fraction of sp³-hybridized carbons (Fsp3) is 0.200. The van der Waals surface area contributed by atoms with E-state index in [-0.39, 0.29) is 12.5 Å². The predicted octanol–water partition coefficient (Wildman–Crippen LogP) is 3.29. The molecule has 2 aromatic carbocycles. The van der Waals surface area contributed by atoms with Gasteiger partial charge in [-0.25, -0.2) is 0 Å². The molecule has 0 saturated heterocycles. The van der Waals surface area contributed by atoms with Gasteiger partial charge in [0.2, 0.25) is 0 Å². The molecule has 0 bridgehead atoms. The molecular formula is C20H21N3O3. The average Bonchev–Trinajstić information content (AvgIpc) is 3.15. The van der Waals surface area contributed by atoms with E-state index in [2.05, 4.69) is 10.4 Å². The molecular weight excluding hydrogens is 330 g/mol. The molecule has 1 N–H and O–H groups in total. The minimum atomic E-state index is -0.223. The van der Waals surface area contributed by atoms with Gasteiger partial charge >= 0.3 is 0 Å². The van der Waals surface area contributed by atoms with Crippen molar-refractivity contribution in [3.05, 3.63) is 72.6 Å². The smallest absolute Gasteiger partial charge is 0.262 e. The molecule has 0 atom stereocenters. The number of nitrogens with one attached hydrogen (secondary N) is 1. The van der Waals surface area contributed by atoms with Gasteiger partial charge in [0.05, 0.1) is 6.54 Å². The Morgan fingerprint density at radius 2 is 1.92 bits per heavy atom. The second-order valence-corrected chi connectivity index (χ2v) is 5.80. The van der Waals surface area contributed by atoms with Crippen molar-refractivity contribution in [1.29, 1.82) is 0 Å². The van der Waals surface area contributed by atoms with Crippen molar-refractivity contribution < 1.29 is 14.3 Å². The van der Waals surface area contributed by atoms with Crippen LogP contribution in [0.5, 0.6) is 11.5 Å². The Balaban J connectivity index is 1.46. The largest absolute Gasteiger partial charge is 0.492 e. The van der Waals surface area contributed by atoms with Gasteiger partial charge in [0.1, 0.15) is 18.1 Å². The number of hydrogen-bond donors (Lipinski definition) is 1. The maximum absolute atomic E-state index is 12.0. The fourth-order valence-corrected chi connectivity index (χ4v) is 2.33. The SMILES string of the molecule is Cc1ccc(OCC(=O)Nc2cccc(OCCn3cccn3)c2)cc1. The third-order valence-electron chi connectivity index (χ3n) is 3.66. The molecule has 6 nitrogen and oxygen atoms in total. The molecule has 6 heteroatoms. The lowest BCUT2D eigenvalue weighted by Gasteiger charge is -2.10. The molecule has 26 heavy (non-hydrogen) atoms. The number of rotatable bonds is 8. The number of carbonyl (C=O) groups is 1. The predicted molar refractivity (Wildman–Crippen MR) is 99.5 cm³/mol. The van der Waals surface area contributed by atoms with Crippen LogP contribution >= 0.6 is 0 Å². The molecule has 1 amide bonds. The van der Waals surface area contributed by atoms with Crippen molar-refractivity contribution in [2.75, 3.05) is 18.5 Å². The first kappa shape index (κ1) is 17.5. The second kappa shape index (κ2) is 8.71. The number of aromatic nitrogens is 2. The van der Waals surface area contributed by atoms with Crippen molar-refractivity contribution >= 4 is 11.6 Å². The molecule has 0 saturated carbocycles. The van der Waals surface area contributed by atoms with Crippen LogP contribution in [0.1, 0.15) is 5.56 Å². The number of anilines is 1. The van der Waals surface area contributed by atoms with E-state index in [9.17, 15) is 4.79 Å². The Hall–Kier alpha value is -3.28. The summed E-state index contributed by atoms with van der Waals surface area (Å²) in [7, 11) is 0. The van der Waals surface area contributed by atoms with E-state index in [4.69, 9.17) is 9.47 Å². The van der Waals surface area contributed by atoms with Crippen molar-refractivity contribution in [2.45, 2.75) is 13.5 Å². The molecule has 3 rings (SSSR count). The van der Waals surface area contributed by atoms with Gasteiger partial charge in [-0.15, -0.1) is 0 Å². The second-order valence-electron chi connectivity index (χ2n) is 5.80. The number of ether oxygens (including phenoxy) is 2. The summed E-state index contributed by atoms with van der Waals surface area (Å²) in [6.45, 7) is 3.11. The molecule has 0 unspecified atom stereocenters. The number of hydrogen-bond acceptors (Lipinski definition) is 4. The highest BCUT2D eigenvalue weighted by Crippen LogP contribution is 2.17. The van der Waals surface area contributed by atoms with Crippen molar-refractivity contribution in [3.8, 4) is 11.5 Å². The van der Waals surface area contributed by atoms with E-state index in [1.807, 2.05) is 61.7 Å². The highest BCUT2D eigenvalue weighted by atomic mass is 16.5. The van der Waals surface area contributed by atoms with Gasteiger partial charge in [-0.1, -0.05) is 23.8 Å². The summed E-state index contributed by atoms with van der Waals surface area (Å²) >= 11 is 0. The lowest BCUT2D eigenvalue weighted by Crippen LogP contribution is -2.20. The van der Waals surface area contributed by atoms with Crippen LogP contribution in [0.2, 0.25) is 0 Å². The van der Waals surface area contributed by atoms with Crippen LogP contribution in [0, 0.1) is 6.92 Å². The molecule has 0 radical (unpaired) electrons. The van der Waals surface area contributed by atoms with E-state index >= 15 is 0 Å². The highest BCUT2D eigenvalue weighted by molar-refractivity contribution is 5.92. The van der Waals surface area contributed by atoms with Crippen LogP contribution in [0.4, 0.5) is 5.69 Å². The number of nitrogens with zero attached hydrogens (tertiary/aromatic N) is 2. The molecule has 0 aliphatic carbocycles. The summed E-state index contributed by atoms with van der Waals surface area (Å²) in [6.07, 6.45) is 3.61. The number of amides is 1. The number of aryl methyl sites for hydroxylation is 1. The molecule has 1 heterocycles. The van der Waals surface area contributed by atoms with Gasteiger partial charge in [0, 0.05) is 24.1 Å². The molecule has 0 aliphatic rings. The average molecular weight is 351 g/mol. The normalized spacial score (nSPS) is 10.3. The summed E-state index contributed by atoms with van der Waals surface area (Å²) in [4.78, 5) is 12.0. The van der Waals surface area contributed by atoms with Crippen LogP contribution in [-0.4, -0.2) is 28.9 Å². The van der Waals surface area contributed by atoms with E-state index in [1.165, 1.54) is 0 Å². The molecule has 1 aromatic heterocycles. The van der Waals surface area contributed by atoms with Crippen LogP contribution < -0.4 is 14.8 Å². The van der Waals surface area contributed by atoms with Gasteiger partial charge in [0.15, 0.2) is 6.61 Å². The quantitative estimate of drug-likeness (QED) is 0.676. The summed E-state index contributed by atoms with van der Waals surface area (Å²) in [5, 5.41) is 6.93. The maximum atomic E-state index is 12.0. The third kappa shape index (κ3) is 5.37. The first-order valence-electron chi connectivity index (χ1n) is 8.39. The topological polar surface area (TPSA) is 65.4 Å². The van der Waals surface area contributed by atoms with Gasteiger partial charge in [0.25, 0.3) is 5.91 Å². The lowest BCUT2D eigenvalue weighted by molar-refractivity contribution is -0.118. The lowest BCUT2D eigenvalue weighted by atomic mass is 10.2. The fourth-order valence-electron chi connectivity index (χ4n) is 2.33. The molecule has 0 spiro atoms. The Morgan fingerprint density at radius 1 is 1.08 bits per heavy atom. The molecule has 0 fully saturated rings. The van der Waals surface area contributed by atoms with Crippen molar-refractivity contribution in [3.63, 3.8) is 0 Å². The van der Waals surface area contributed by atoms with Crippen LogP contribution in [0.25, 0.3) is 0 Å². The minimum absolute atomic E-state index is 0.0482. The Kier molecular flexibility index (Phi) is 5.88. The first-order valence-corrected chi connectivity index (χ1v) is 8.39. The summed E-state index contributed by atoms with van der Waals surface area (Å²) in [6, 6.07) is 16.7. The number of carbonyl (C=O) groups excluding carboxylic acids is 1. The first-order chi connectivity index (χ1) is 12.7. The van der Waals surface area contributed by atoms with Gasteiger partial charge < -0.3 is 14.8 Å². The van der Waals surface area contributed by atoms with Crippen molar-refractivity contribution in [2.24, 2.45) is 0 Å². The summed E-state index contributed by atoms with van der Waals surface area (Å²) < 4.78 is 13.0. The Bertz CT molecular complexity index is 830. The summed E-state index contributed by atoms with van der Waals surface area (Å²) in [5.74, 6) is 1.13. The monoisotopic (exact) mass is 351 g/mol. The Morgan fingerprint density at radius 3 is 2.69 bits per heavy atom. The highest BCUT2D eigenvalue weighted by Gasteiger charge is 2.05. The van der Waals surface area contributed by atoms with E-state index in [1.54, 1.807) is 16.9 Å². The minimum Gasteiger partial charge on any atom is -0.492 e.